The molecule has 0 aliphatic rings. The topological polar surface area (TPSA) is 32.6 Å². The van der Waals surface area contributed by atoms with Gasteiger partial charge in [-0.1, -0.05) is 5.16 Å². The average molecular weight is 175 g/mol. The van der Waals surface area contributed by atoms with Crippen LogP contribution in [0.5, 0.6) is 0 Å². The molecule has 0 radical (unpaired) electrons. The molecular formula is C7H4F3NO. The molecule has 1 N–H and O–H groups in total. The van der Waals surface area contributed by atoms with Crippen molar-refractivity contribution in [3.63, 3.8) is 0 Å². The highest BCUT2D eigenvalue weighted by molar-refractivity contribution is 5.78. The first-order valence-corrected chi connectivity index (χ1v) is 2.97. The van der Waals surface area contributed by atoms with Crippen molar-refractivity contribution in [1.82, 2.24) is 0 Å². The van der Waals surface area contributed by atoms with Crippen LogP contribution in [0.2, 0.25) is 0 Å². The minimum absolute atomic E-state index is 0.0473. The van der Waals surface area contributed by atoms with E-state index in [4.69, 9.17) is 5.21 Å². The molecule has 0 amide bonds. The van der Waals surface area contributed by atoms with Crippen LogP contribution in [0.1, 0.15) is 5.56 Å². The Morgan fingerprint density at radius 1 is 1.17 bits per heavy atom. The van der Waals surface area contributed by atoms with Gasteiger partial charge in [-0.15, -0.1) is 0 Å². The van der Waals surface area contributed by atoms with Crippen molar-refractivity contribution in [3.05, 3.63) is 35.1 Å². The van der Waals surface area contributed by atoms with Crippen LogP contribution in [0, 0.1) is 17.5 Å². The molecule has 1 rings (SSSR count). The molecule has 0 aromatic heterocycles. The van der Waals surface area contributed by atoms with Gasteiger partial charge in [0.15, 0.2) is 17.5 Å². The molecule has 12 heavy (non-hydrogen) atoms. The van der Waals surface area contributed by atoms with Crippen LogP contribution >= 0.6 is 0 Å². The Kier molecular flexibility index (Phi) is 2.32. The highest BCUT2D eigenvalue weighted by Gasteiger charge is 2.08. The molecule has 0 aliphatic heterocycles. The molecule has 0 unspecified atom stereocenters. The SMILES string of the molecule is O/N=C\c1cc(F)c(F)c(F)c1. The zero-order valence-electron chi connectivity index (χ0n) is 5.76. The molecule has 0 fully saturated rings. The van der Waals surface area contributed by atoms with Crippen LogP contribution in [0.25, 0.3) is 0 Å². The number of hydrogen-bond donors (Lipinski definition) is 1. The quantitative estimate of drug-likeness (QED) is 0.300. The van der Waals surface area contributed by atoms with Crippen molar-refractivity contribution >= 4 is 6.21 Å². The van der Waals surface area contributed by atoms with Crippen LogP contribution in [0.4, 0.5) is 13.2 Å². The zero-order chi connectivity index (χ0) is 9.14. The van der Waals surface area contributed by atoms with Gasteiger partial charge in [-0.05, 0) is 12.1 Å². The highest BCUT2D eigenvalue weighted by Crippen LogP contribution is 2.11. The molecule has 5 heteroatoms. The summed E-state index contributed by atoms with van der Waals surface area (Å²) in [6.45, 7) is 0. The standard InChI is InChI=1S/C7H4F3NO/c8-5-1-4(3-11-12)2-6(9)7(5)10/h1-3,12H/b11-3-. The van der Waals surface area contributed by atoms with Gasteiger partial charge in [0, 0.05) is 5.56 Å². The second-order valence-corrected chi connectivity index (χ2v) is 2.04. The van der Waals surface area contributed by atoms with Crippen LogP contribution < -0.4 is 0 Å². The van der Waals surface area contributed by atoms with E-state index in [-0.39, 0.29) is 5.56 Å². The largest absolute Gasteiger partial charge is 0.411 e. The molecule has 0 saturated heterocycles. The molecule has 0 saturated carbocycles. The van der Waals surface area contributed by atoms with Gasteiger partial charge in [-0.3, -0.25) is 0 Å². The van der Waals surface area contributed by atoms with Gasteiger partial charge in [0.05, 0.1) is 6.21 Å². The number of nitrogens with zero attached hydrogens (tertiary/aromatic N) is 1. The van der Waals surface area contributed by atoms with Crippen molar-refractivity contribution < 1.29 is 18.4 Å². The normalized spacial score (nSPS) is 10.9. The van der Waals surface area contributed by atoms with Crippen molar-refractivity contribution in [1.29, 1.82) is 0 Å². The summed E-state index contributed by atoms with van der Waals surface area (Å²) in [5, 5.41) is 10.5. The van der Waals surface area contributed by atoms with Crippen molar-refractivity contribution in [2.45, 2.75) is 0 Å². The first kappa shape index (κ1) is 8.58. The lowest BCUT2D eigenvalue weighted by Crippen LogP contribution is -1.93. The Bertz CT molecular complexity index is 301. The lowest BCUT2D eigenvalue weighted by atomic mass is 10.2. The Morgan fingerprint density at radius 2 is 1.67 bits per heavy atom. The predicted octanol–water partition coefficient (Wildman–Crippen LogP) is 1.91. The number of rotatable bonds is 1. The van der Waals surface area contributed by atoms with E-state index >= 15 is 0 Å². The summed E-state index contributed by atoms with van der Waals surface area (Å²) in [4.78, 5) is 0. The van der Waals surface area contributed by atoms with E-state index in [9.17, 15) is 13.2 Å². The number of halogens is 3. The second kappa shape index (κ2) is 3.25. The molecule has 0 heterocycles. The van der Waals surface area contributed by atoms with E-state index < -0.39 is 17.5 Å². The monoisotopic (exact) mass is 175 g/mol. The fraction of sp³-hybridized carbons (Fsp3) is 0. The Hall–Kier alpha value is -1.52. The maximum Gasteiger partial charge on any atom is 0.194 e. The van der Waals surface area contributed by atoms with Crippen LogP contribution in [-0.4, -0.2) is 11.4 Å². The van der Waals surface area contributed by atoms with E-state index in [0.717, 1.165) is 18.3 Å². The van der Waals surface area contributed by atoms with Gasteiger partial charge in [0.25, 0.3) is 0 Å². The summed E-state index contributed by atoms with van der Waals surface area (Å²) >= 11 is 0. The number of hydrogen-bond acceptors (Lipinski definition) is 2. The van der Waals surface area contributed by atoms with Crippen molar-refractivity contribution in [2.75, 3.05) is 0 Å². The summed E-state index contributed by atoms with van der Waals surface area (Å²) < 4.78 is 37.1. The van der Waals surface area contributed by atoms with E-state index in [2.05, 4.69) is 5.16 Å². The van der Waals surface area contributed by atoms with E-state index in [1.165, 1.54) is 0 Å². The Balaban J connectivity index is 3.21. The van der Waals surface area contributed by atoms with Gasteiger partial charge < -0.3 is 5.21 Å². The lowest BCUT2D eigenvalue weighted by Gasteiger charge is -1.95. The average Bonchev–Trinajstić information content (AvgIpc) is 2.01. The fourth-order valence-corrected chi connectivity index (χ4v) is 0.716. The second-order valence-electron chi connectivity index (χ2n) is 2.04. The first-order valence-electron chi connectivity index (χ1n) is 2.97. The molecule has 0 aliphatic carbocycles. The lowest BCUT2D eigenvalue weighted by molar-refractivity contribution is 0.322. The molecular weight excluding hydrogens is 171 g/mol. The highest BCUT2D eigenvalue weighted by atomic mass is 19.2. The molecule has 0 bridgehead atoms. The fourth-order valence-electron chi connectivity index (χ4n) is 0.716. The third-order valence-electron chi connectivity index (χ3n) is 1.21. The smallest absolute Gasteiger partial charge is 0.194 e. The van der Waals surface area contributed by atoms with Gasteiger partial charge in [0.2, 0.25) is 0 Å². The van der Waals surface area contributed by atoms with Gasteiger partial charge in [0.1, 0.15) is 0 Å². The van der Waals surface area contributed by atoms with Gasteiger partial charge in [-0.2, -0.15) is 0 Å². The Labute approximate surface area is 65.9 Å². The molecule has 2 nitrogen and oxygen atoms in total. The van der Waals surface area contributed by atoms with Crippen molar-refractivity contribution in [2.24, 2.45) is 5.16 Å². The predicted molar refractivity (Wildman–Crippen MR) is 35.7 cm³/mol. The van der Waals surface area contributed by atoms with Gasteiger partial charge in [-0.25, -0.2) is 13.2 Å². The summed E-state index contributed by atoms with van der Waals surface area (Å²) in [6, 6.07) is 1.44. The maximum absolute atomic E-state index is 12.4. The molecule has 1 aromatic rings. The van der Waals surface area contributed by atoms with Crippen LogP contribution in [0.15, 0.2) is 17.3 Å². The maximum atomic E-state index is 12.4. The molecule has 0 atom stereocenters. The van der Waals surface area contributed by atoms with Gasteiger partial charge >= 0.3 is 0 Å². The summed E-state index contributed by atoms with van der Waals surface area (Å²) in [6.07, 6.45) is 0.797. The Morgan fingerprint density at radius 3 is 2.08 bits per heavy atom. The summed E-state index contributed by atoms with van der Waals surface area (Å²) in [5.41, 5.74) is -0.0473. The first-order chi connectivity index (χ1) is 5.65. The third kappa shape index (κ3) is 1.55. The number of oxime groups is 1. The molecule has 0 spiro atoms. The number of benzene rings is 1. The van der Waals surface area contributed by atoms with Crippen LogP contribution in [-0.2, 0) is 0 Å². The minimum atomic E-state index is -1.54. The van der Waals surface area contributed by atoms with Crippen LogP contribution in [0.3, 0.4) is 0 Å². The minimum Gasteiger partial charge on any atom is -0.411 e. The summed E-state index contributed by atoms with van der Waals surface area (Å²) in [5.74, 6) is -4.17. The molecule has 1 aromatic carbocycles. The van der Waals surface area contributed by atoms with E-state index in [0.29, 0.717) is 0 Å². The summed E-state index contributed by atoms with van der Waals surface area (Å²) in [7, 11) is 0. The van der Waals surface area contributed by atoms with E-state index in [1.54, 1.807) is 0 Å². The molecule has 64 valence electrons. The van der Waals surface area contributed by atoms with Crippen molar-refractivity contribution in [3.8, 4) is 0 Å². The third-order valence-corrected chi connectivity index (χ3v) is 1.21. The van der Waals surface area contributed by atoms with E-state index in [1.807, 2.05) is 0 Å². The zero-order valence-corrected chi connectivity index (χ0v) is 5.76.